The molecule has 0 bridgehead atoms. The van der Waals surface area contributed by atoms with Crippen LogP contribution in [0, 0.1) is 5.82 Å². The van der Waals surface area contributed by atoms with Crippen molar-refractivity contribution in [3.8, 4) is 11.5 Å². The Kier molecular flexibility index (Phi) is 8.61. The maximum Gasteiger partial charge on any atom is 0.325 e. The summed E-state index contributed by atoms with van der Waals surface area (Å²) in [6.45, 7) is 3.91. The van der Waals surface area contributed by atoms with Gasteiger partial charge in [-0.25, -0.2) is 9.18 Å². The number of urea groups is 1. The minimum Gasteiger partial charge on any atom is -0.490 e. The van der Waals surface area contributed by atoms with Crippen LogP contribution in [0.4, 0.5) is 14.9 Å². The number of carbonyl (C=O) groups excluding carboxylic acids is 3. The predicted octanol–water partition coefficient (Wildman–Crippen LogP) is 3.06. The highest BCUT2D eigenvalue weighted by molar-refractivity contribution is 6.02. The molecule has 9 heteroatoms. The Morgan fingerprint density at radius 1 is 0.933 bits per heavy atom. The number of carbonyl (C=O) groups is 3. The number of rotatable bonds is 9. The van der Waals surface area contributed by atoms with Gasteiger partial charge >= 0.3 is 12.0 Å². The number of nitrogens with one attached hydrogen (secondary N) is 2. The quantitative estimate of drug-likeness (QED) is 0.607. The van der Waals surface area contributed by atoms with Gasteiger partial charge in [-0.3, -0.25) is 14.9 Å². The SMILES string of the molecule is CCOc1ccc(NC(=O)NC(=O)COC(=O)Cc2ccc(F)cc2)cc1OCC. The van der Waals surface area contributed by atoms with E-state index in [2.05, 4.69) is 10.6 Å². The summed E-state index contributed by atoms with van der Waals surface area (Å²) in [4.78, 5) is 35.5. The molecule has 2 rings (SSSR count). The predicted molar refractivity (Wildman–Crippen MR) is 107 cm³/mol. The van der Waals surface area contributed by atoms with E-state index in [0.29, 0.717) is 36.0 Å². The molecule has 160 valence electrons. The Morgan fingerprint density at radius 3 is 2.27 bits per heavy atom. The lowest BCUT2D eigenvalue weighted by Crippen LogP contribution is -2.37. The van der Waals surface area contributed by atoms with Crippen LogP contribution in [0.5, 0.6) is 11.5 Å². The molecule has 0 unspecified atom stereocenters. The molecule has 30 heavy (non-hydrogen) atoms. The number of anilines is 1. The highest BCUT2D eigenvalue weighted by Gasteiger charge is 2.13. The topological polar surface area (TPSA) is 103 Å². The molecule has 2 aromatic carbocycles. The molecule has 0 heterocycles. The number of halogens is 1. The second-order valence-corrected chi connectivity index (χ2v) is 5.99. The second-order valence-electron chi connectivity index (χ2n) is 5.99. The van der Waals surface area contributed by atoms with Crippen LogP contribution in [0.15, 0.2) is 42.5 Å². The minimum atomic E-state index is -0.795. The van der Waals surface area contributed by atoms with Crippen LogP contribution in [-0.4, -0.2) is 37.7 Å². The number of benzene rings is 2. The van der Waals surface area contributed by atoms with E-state index in [-0.39, 0.29) is 6.42 Å². The molecule has 0 aliphatic carbocycles. The van der Waals surface area contributed by atoms with Crippen molar-refractivity contribution in [2.24, 2.45) is 0 Å². The maximum atomic E-state index is 12.9. The van der Waals surface area contributed by atoms with Gasteiger partial charge in [0.25, 0.3) is 5.91 Å². The zero-order valence-corrected chi connectivity index (χ0v) is 16.7. The van der Waals surface area contributed by atoms with Gasteiger partial charge in [-0.1, -0.05) is 12.1 Å². The summed E-state index contributed by atoms with van der Waals surface area (Å²) in [7, 11) is 0. The highest BCUT2D eigenvalue weighted by Crippen LogP contribution is 2.30. The highest BCUT2D eigenvalue weighted by atomic mass is 19.1. The first-order chi connectivity index (χ1) is 14.4. The largest absolute Gasteiger partial charge is 0.490 e. The molecule has 0 fully saturated rings. The van der Waals surface area contributed by atoms with E-state index in [9.17, 15) is 18.8 Å². The lowest BCUT2D eigenvalue weighted by molar-refractivity contribution is -0.147. The fraction of sp³-hybridized carbons (Fsp3) is 0.286. The van der Waals surface area contributed by atoms with Gasteiger partial charge in [0, 0.05) is 11.8 Å². The zero-order chi connectivity index (χ0) is 21.9. The van der Waals surface area contributed by atoms with Crippen molar-refractivity contribution in [2.45, 2.75) is 20.3 Å². The summed E-state index contributed by atoms with van der Waals surface area (Å²) >= 11 is 0. The summed E-state index contributed by atoms with van der Waals surface area (Å²) in [6, 6.07) is 9.34. The van der Waals surface area contributed by atoms with Gasteiger partial charge in [0.15, 0.2) is 18.1 Å². The maximum absolute atomic E-state index is 12.9. The van der Waals surface area contributed by atoms with Gasteiger partial charge in [-0.2, -0.15) is 0 Å². The van der Waals surface area contributed by atoms with E-state index >= 15 is 0 Å². The standard InChI is InChI=1S/C21H23FN2O6/c1-3-28-17-10-9-16(12-18(17)29-4-2)23-21(27)24-19(25)13-30-20(26)11-14-5-7-15(22)8-6-14/h5-10,12H,3-4,11,13H2,1-2H3,(H2,23,24,25,27). The first-order valence-corrected chi connectivity index (χ1v) is 9.31. The monoisotopic (exact) mass is 418 g/mol. The molecule has 0 saturated heterocycles. The summed E-state index contributed by atoms with van der Waals surface area (Å²) in [5, 5.41) is 4.55. The average Bonchev–Trinajstić information content (AvgIpc) is 2.70. The van der Waals surface area contributed by atoms with Crippen molar-refractivity contribution in [3.05, 3.63) is 53.8 Å². The van der Waals surface area contributed by atoms with Crippen molar-refractivity contribution in [2.75, 3.05) is 25.1 Å². The molecule has 0 spiro atoms. The lowest BCUT2D eigenvalue weighted by Gasteiger charge is -2.13. The smallest absolute Gasteiger partial charge is 0.325 e. The van der Waals surface area contributed by atoms with Crippen molar-refractivity contribution in [1.82, 2.24) is 5.32 Å². The van der Waals surface area contributed by atoms with Gasteiger partial charge in [0.2, 0.25) is 0 Å². The zero-order valence-electron chi connectivity index (χ0n) is 16.7. The molecule has 8 nitrogen and oxygen atoms in total. The fourth-order valence-corrected chi connectivity index (χ4v) is 2.42. The van der Waals surface area contributed by atoms with Gasteiger partial charge in [0.1, 0.15) is 5.82 Å². The van der Waals surface area contributed by atoms with Gasteiger partial charge in [-0.15, -0.1) is 0 Å². The number of esters is 1. The van der Waals surface area contributed by atoms with Gasteiger partial charge in [0.05, 0.1) is 19.6 Å². The summed E-state index contributed by atoms with van der Waals surface area (Å²) in [5.41, 5.74) is 0.931. The summed E-state index contributed by atoms with van der Waals surface area (Å²) in [5.74, 6) is -0.896. The van der Waals surface area contributed by atoms with Crippen LogP contribution >= 0.6 is 0 Å². The van der Waals surface area contributed by atoms with Crippen molar-refractivity contribution in [3.63, 3.8) is 0 Å². The molecule has 0 radical (unpaired) electrons. The van der Waals surface area contributed by atoms with Crippen LogP contribution in [0.2, 0.25) is 0 Å². The lowest BCUT2D eigenvalue weighted by atomic mass is 10.1. The average molecular weight is 418 g/mol. The number of imide groups is 1. The van der Waals surface area contributed by atoms with Crippen LogP contribution in [0.3, 0.4) is 0 Å². The summed E-state index contributed by atoms with van der Waals surface area (Å²) in [6.07, 6.45) is -0.119. The number of hydrogen-bond donors (Lipinski definition) is 2. The third kappa shape index (κ3) is 7.42. The number of ether oxygens (including phenoxy) is 3. The van der Waals surface area contributed by atoms with Crippen LogP contribution in [0.25, 0.3) is 0 Å². The number of hydrogen-bond acceptors (Lipinski definition) is 6. The first-order valence-electron chi connectivity index (χ1n) is 9.31. The molecule has 0 aliphatic rings. The Bertz CT molecular complexity index is 886. The van der Waals surface area contributed by atoms with Crippen molar-refractivity contribution < 1.29 is 33.0 Å². The molecular weight excluding hydrogens is 395 g/mol. The number of amides is 3. The van der Waals surface area contributed by atoms with Crippen molar-refractivity contribution >= 4 is 23.6 Å². The van der Waals surface area contributed by atoms with Crippen molar-refractivity contribution in [1.29, 1.82) is 0 Å². The third-order valence-corrected chi connectivity index (χ3v) is 3.68. The van der Waals surface area contributed by atoms with E-state index in [0.717, 1.165) is 0 Å². The van der Waals surface area contributed by atoms with Crippen LogP contribution in [-0.2, 0) is 20.7 Å². The van der Waals surface area contributed by atoms with E-state index in [1.54, 1.807) is 18.2 Å². The molecule has 2 aromatic rings. The van der Waals surface area contributed by atoms with Crippen LogP contribution in [0.1, 0.15) is 19.4 Å². The van der Waals surface area contributed by atoms with E-state index < -0.39 is 30.3 Å². The molecule has 2 N–H and O–H groups in total. The molecule has 0 aliphatic heterocycles. The Hall–Kier alpha value is -3.62. The Labute approximate surface area is 173 Å². The van der Waals surface area contributed by atoms with E-state index in [4.69, 9.17) is 14.2 Å². The van der Waals surface area contributed by atoms with E-state index in [1.807, 2.05) is 13.8 Å². The third-order valence-electron chi connectivity index (χ3n) is 3.68. The Balaban J connectivity index is 1.81. The minimum absolute atomic E-state index is 0.119. The molecular formula is C21H23FN2O6. The molecule has 0 aromatic heterocycles. The van der Waals surface area contributed by atoms with Gasteiger partial charge in [-0.05, 0) is 43.7 Å². The second kappa shape index (κ2) is 11.4. The fourth-order valence-electron chi connectivity index (χ4n) is 2.42. The molecule has 0 atom stereocenters. The van der Waals surface area contributed by atoms with Gasteiger partial charge < -0.3 is 19.5 Å². The molecule has 0 saturated carbocycles. The summed E-state index contributed by atoms with van der Waals surface area (Å²) < 4.78 is 28.6. The van der Waals surface area contributed by atoms with E-state index in [1.165, 1.54) is 24.3 Å². The Morgan fingerprint density at radius 2 is 1.60 bits per heavy atom. The normalized spacial score (nSPS) is 10.1. The molecule has 3 amide bonds. The first kappa shape index (κ1) is 22.7. The van der Waals surface area contributed by atoms with Crippen LogP contribution < -0.4 is 20.1 Å².